The number of hydrogen-bond donors (Lipinski definition) is 1. The van der Waals surface area contributed by atoms with E-state index >= 15 is 0 Å². The number of aromatic nitrogens is 1. The number of pyridine rings is 1. The lowest BCUT2D eigenvalue weighted by molar-refractivity contribution is -0.276. The van der Waals surface area contributed by atoms with Gasteiger partial charge in [-0.15, -0.1) is 13.2 Å². The first-order valence-corrected chi connectivity index (χ1v) is 4.32. The second kappa shape index (κ2) is 4.14. The zero-order valence-electron chi connectivity index (χ0n) is 6.81. The van der Waals surface area contributed by atoms with Crippen molar-refractivity contribution in [2.24, 2.45) is 5.73 Å². The Morgan fingerprint density at radius 1 is 1.50 bits per heavy atom. The van der Waals surface area contributed by atoms with Crippen molar-refractivity contribution in [2.75, 3.05) is 0 Å². The highest BCUT2D eigenvalue weighted by Crippen LogP contribution is 2.24. The molecule has 0 aliphatic rings. The van der Waals surface area contributed by atoms with E-state index in [0.29, 0.717) is 10.0 Å². The minimum Gasteiger partial charge on any atom is -0.388 e. The molecule has 1 aromatic heterocycles. The van der Waals surface area contributed by atoms with Crippen LogP contribution in [0.4, 0.5) is 13.2 Å². The summed E-state index contributed by atoms with van der Waals surface area (Å²) < 4.78 is 39.5. The van der Waals surface area contributed by atoms with Gasteiger partial charge in [0, 0.05) is 23.3 Å². The molecule has 78 valence electrons. The summed E-state index contributed by atoms with van der Waals surface area (Å²) in [7, 11) is 0. The fourth-order valence-corrected chi connectivity index (χ4v) is 1.17. The maximum absolute atomic E-state index is 11.8. The van der Waals surface area contributed by atoms with Crippen molar-refractivity contribution in [2.45, 2.75) is 12.9 Å². The summed E-state index contributed by atoms with van der Waals surface area (Å²) in [5.74, 6) is -0.513. The molecule has 0 bridgehead atoms. The molecule has 1 aromatic rings. The third kappa shape index (κ3) is 3.15. The van der Waals surface area contributed by atoms with Gasteiger partial charge in [0.25, 0.3) is 0 Å². The predicted molar refractivity (Wildman–Crippen MR) is 46.5 cm³/mol. The van der Waals surface area contributed by atoms with Gasteiger partial charge in [0.05, 0.1) is 0 Å². The zero-order valence-corrected chi connectivity index (χ0v) is 8.39. The largest absolute Gasteiger partial charge is 0.574 e. The average molecular weight is 271 g/mol. The third-order valence-electron chi connectivity index (χ3n) is 1.35. The standard InChI is InChI=1S/C7H6BrF3N2O/c8-5-3-13-6(1-4(5)2-12)14-7(9,10)11/h1,3H,2,12H2. The van der Waals surface area contributed by atoms with Gasteiger partial charge in [0.2, 0.25) is 5.88 Å². The van der Waals surface area contributed by atoms with E-state index in [1.807, 2.05) is 0 Å². The fourth-order valence-electron chi connectivity index (χ4n) is 0.789. The molecule has 1 heterocycles. The molecule has 2 N–H and O–H groups in total. The maximum atomic E-state index is 11.8. The fraction of sp³-hybridized carbons (Fsp3) is 0.286. The van der Waals surface area contributed by atoms with Gasteiger partial charge in [-0.1, -0.05) is 0 Å². The number of alkyl halides is 3. The Kier molecular flexibility index (Phi) is 3.33. The van der Waals surface area contributed by atoms with Crippen LogP contribution in [-0.2, 0) is 6.54 Å². The normalized spacial score (nSPS) is 11.5. The molecular weight excluding hydrogens is 265 g/mol. The van der Waals surface area contributed by atoms with E-state index in [0.717, 1.165) is 6.07 Å². The lowest BCUT2D eigenvalue weighted by Gasteiger charge is -2.09. The highest BCUT2D eigenvalue weighted by Gasteiger charge is 2.31. The number of nitrogens with two attached hydrogens (primary N) is 1. The Morgan fingerprint density at radius 2 is 2.14 bits per heavy atom. The molecule has 0 saturated carbocycles. The lowest BCUT2D eigenvalue weighted by atomic mass is 10.3. The lowest BCUT2D eigenvalue weighted by Crippen LogP contribution is -2.18. The van der Waals surface area contributed by atoms with Gasteiger partial charge in [-0.3, -0.25) is 0 Å². The smallest absolute Gasteiger partial charge is 0.388 e. The summed E-state index contributed by atoms with van der Waals surface area (Å²) in [6, 6.07) is 1.14. The highest BCUT2D eigenvalue weighted by atomic mass is 79.9. The minimum atomic E-state index is -4.73. The summed E-state index contributed by atoms with van der Waals surface area (Å²) >= 11 is 3.09. The quantitative estimate of drug-likeness (QED) is 0.897. The molecule has 0 aliphatic heterocycles. The van der Waals surface area contributed by atoms with Gasteiger partial charge in [-0.2, -0.15) is 0 Å². The van der Waals surface area contributed by atoms with Crippen molar-refractivity contribution >= 4 is 15.9 Å². The third-order valence-corrected chi connectivity index (χ3v) is 2.06. The molecule has 0 saturated heterocycles. The molecule has 0 unspecified atom stereocenters. The van der Waals surface area contributed by atoms with Crippen molar-refractivity contribution in [3.05, 3.63) is 22.3 Å². The molecule has 0 amide bonds. The van der Waals surface area contributed by atoms with Crippen molar-refractivity contribution in [1.29, 1.82) is 0 Å². The van der Waals surface area contributed by atoms with Gasteiger partial charge in [0.1, 0.15) is 0 Å². The Hall–Kier alpha value is -0.820. The summed E-state index contributed by atoms with van der Waals surface area (Å²) in [5.41, 5.74) is 5.79. The van der Waals surface area contributed by atoms with Crippen molar-refractivity contribution in [1.82, 2.24) is 4.98 Å². The van der Waals surface area contributed by atoms with Crippen molar-refractivity contribution in [3.8, 4) is 5.88 Å². The van der Waals surface area contributed by atoms with Crippen LogP contribution in [0.15, 0.2) is 16.7 Å². The molecule has 14 heavy (non-hydrogen) atoms. The summed E-state index contributed by atoms with van der Waals surface area (Å²) in [6.45, 7) is 0.108. The Bertz CT molecular complexity index is 329. The molecule has 0 atom stereocenters. The van der Waals surface area contributed by atoms with E-state index < -0.39 is 12.2 Å². The Labute approximate surface area is 86.2 Å². The van der Waals surface area contributed by atoms with Crippen molar-refractivity contribution < 1.29 is 17.9 Å². The van der Waals surface area contributed by atoms with Gasteiger partial charge in [-0.25, -0.2) is 4.98 Å². The van der Waals surface area contributed by atoms with E-state index in [1.54, 1.807) is 0 Å². The monoisotopic (exact) mass is 270 g/mol. The first-order chi connectivity index (χ1) is 6.42. The number of hydrogen-bond acceptors (Lipinski definition) is 3. The first kappa shape index (κ1) is 11.3. The van der Waals surface area contributed by atoms with Crippen LogP contribution in [0.25, 0.3) is 0 Å². The number of ether oxygens (including phenoxy) is 1. The van der Waals surface area contributed by atoms with Crippen LogP contribution >= 0.6 is 15.9 Å². The van der Waals surface area contributed by atoms with Gasteiger partial charge < -0.3 is 10.5 Å². The summed E-state index contributed by atoms with van der Waals surface area (Å²) in [5, 5.41) is 0. The molecule has 3 nitrogen and oxygen atoms in total. The zero-order chi connectivity index (χ0) is 10.8. The van der Waals surface area contributed by atoms with Crippen LogP contribution in [-0.4, -0.2) is 11.3 Å². The van der Waals surface area contributed by atoms with Crippen LogP contribution in [0.3, 0.4) is 0 Å². The number of nitrogens with zero attached hydrogens (tertiary/aromatic N) is 1. The Balaban J connectivity index is 2.90. The summed E-state index contributed by atoms with van der Waals surface area (Å²) in [6.07, 6.45) is -3.52. The maximum Gasteiger partial charge on any atom is 0.574 e. The second-order valence-corrected chi connectivity index (χ2v) is 3.22. The molecule has 1 rings (SSSR count). The van der Waals surface area contributed by atoms with Crippen molar-refractivity contribution in [3.63, 3.8) is 0 Å². The topological polar surface area (TPSA) is 48.1 Å². The number of halogens is 4. The predicted octanol–water partition coefficient (Wildman–Crippen LogP) is 2.20. The van der Waals surface area contributed by atoms with Crippen LogP contribution in [0.5, 0.6) is 5.88 Å². The summed E-state index contributed by atoms with van der Waals surface area (Å²) in [4.78, 5) is 3.43. The van der Waals surface area contributed by atoms with Gasteiger partial charge >= 0.3 is 6.36 Å². The number of rotatable bonds is 2. The first-order valence-electron chi connectivity index (χ1n) is 3.52. The van der Waals surface area contributed by atoms with E-state index in [2.05, 4.69) is 25.7 Å². The average Bonchev–Trinajstić information content (AvgIpc) is 2.06. The van der Waals surface area contributed by atoms with Gasteiger partial charge in [-0.05, 0) is 21.5 Å². The van der Waals surface area contributed by atoms with Crippen LogP contribution < -0.4 is 10.5 Å². The molecule has 0 aromatic carbocycles. The molecular formula is C7H6BrF3N2O. The van der Waals surface area contributed by atoms with Crippen LogP contribution in [0.2, 0.25) is 0 Å². The van der Waals surface area contributed by atoms with Crippen LogP contribution in [0.1, 0.15) is 5.56 Å². The SMILES string of the molecule is NCc1cc(OC(F)(F)F)ncc1Br. The van der Waals surface area contributed by atoms with E-state index in [1.165, 1.54) is 6.20 Å². The molecule has 0 spiro atoms. The van der Waals surface area contributed by atoms with E-state index in [4.69, 9.17) is 5.73 Å². The second-order valence-electron chi connectivity index (χ2n) is 2.37. The minimum absolute atomic E-state index is 0.108. The molecule has 0 radical (unpaired) electrons. The van der Waals surface area contributed by atoms with E-state index in [9.17, 15) is 13.2 Å². The molecule has 7 heteroatoms. The molecule has 0 aliphatic carbocycles. The van der Waals surface area contributed by atoms with E-state index in [-0.39, 0.29) is 6.54 Å². The highest BCUT2D eigenvalue weighted by molar-refractivity contribution is 9.10. The Morgan fingerprint density at radius 3 is 2.64 bits per heavy atom. The van der Waals surface area contributed by atoms with Crippen LogP contribution in [0, 0.1) is 0 Å². The van der Waals surface area contributed by atoms with Gasteiger partial charge in [0.15, 0.2) is 0 Å². The molecule has 0 fully saturated rings.